The molecule has 0 unspecified atom stereocenters. The highest BCUT2D eigenvalue weighted by atomic mass is 35.5. The number of ether oxygens (including phenoxy) is 1. The van der Waals surface area contributed by atoms with Crippen molar-refractivity contribution in [1.82, 2.24) is 19.5 Å². The Hall–Kier alpha value is -1.34. The van der Waals surface area contributed by atoms with Crippen LogP contribution >= 0.6 is 23.4 Å². The van der Waals surface area contributed by atoms with Gasteiger partial charge in [-0.25, -0.2) is 9.97 Å². The number of imidazole rings is 1. The summed E-state index contributed by atoms with van der Waals surface area (Å²) in [7, 11) is 1.41. The lowest BCUT2D eigenvalue weighted by atomic mass is 10.2. The van der Waals surface area contributed by atoms with E-state index in [1.54, 1.807) is 11.8 Å². The van der Waals surface area contributed by atoms with Crippen molar-refractivity contribution < 1.29 is 9.53 Å². The van der Waals surface area contributed by atoms with Crippen LogP contribution in [0.3, 0.4) is 0 Å². The summed E-state index contributed by atoms with van der Waals surface area (Å²) in [4.78, 5) is 24.3. The number of esters is 1. The number of aromatic nitrogens is 4. The van der Waals surface area contributed by atoms with E-state index in [0.717, 1.165) is 35.8 Å². The van der Waals surface area contributed by atoms with Crippen molar-refractivity contribution in [3.05, 3.63) is 11.1 Å². The number of thioether (sulfide) groups is 1. The van der Waals surface area contributed by atoms with Gasteiger partial charge in [0.25, 0.3) is 0 Å². The average molecular weight is 357 g/mol. The smallest absolute Gasteiger partial charge is 0.305 e. The third kappa shape index (κ3) is 4.57. The second kappa shape index (κ2) is 7.97. The van der Waals surface area contributed by atoms with Gasteiger partial charge in [0.2, 0.25) is 5.28 Å². The zero-order chi connectivity index (χ0) is 17.0. The molecule has 23 heavy (non-hydrogen) atoms. The first-order valence-electron chi connectivity index (χ1n) is 7.56. The highest BCUT2D eigenvalue weighted by Gasteiger charge is 2.17. The lowest BCUT2D eigenvalue weighted by Crippen LogP contribution is -2.05. The number of halogens is 1. The SMILES string of the molecule is COC(=O)CCCCn1c(C)nc2nc(Cl)nc(SC(C)C)c21. The van der Waals surface area contributed by atoms with Gasteiger partial charge in [0.15, 0.2) is 5.65 Å². The molecule has 6 nitrogen and oxygen atoms in total. The molecule has 2 heterocycles. The van der Waals surface area contributed by atoms with E-state index in [1.807, 2.05) is 6.92 Å². The van der Waals surface area contributed by atoms with Crippen LogP contribution in [-0.4, -0.2) is 37.8 Å². The van der Waals surface area contributed by atoms with Gasteiger partial charge in [-0.1, -0.05) is 13.8 Å². The number of hydrogen-bond donors (Lipinski definition) is 0. The van der Waals surface area contributed by atoms with E-state index in [2.05, 4.69) is 38.1 Å². The van der Waals surface area contributed by atoms with E-state index in [4.69, 9.17) is 11.6 Å². The molecule has 0 amide bonds. The molecule has 0 radical (unpaired) electrons. The molecule has 0 saturated heterocycles. The molecule has 0 bridgehead atoms. The van der Waals surface area contributed by atoms with Crippen molar-refractivity contribution in [2.24, 2.45) is 0 Å². The Morgan fingerprint density at radius 2 is 2.04 bits per heavy atom. The molecule has 2 aromatic heterocycles. The van der Waals surface area contributed by atoms with Gasteiger partial charge in [-0.15, -0.1) is 11.8 Å². The second-order valence-corrected chi connectivity index (χ2v) is 7.38. The molecule has 0 N–H and O–H groups in total. The Morgan fingerprint density at radius 1 is 1.30 bits per heavy atom. The summed E-state index contributed by atoms with van der Waals surface area (Å²) in [5, 5.41) is 1.45. The summed E-state index contributed by atoms with van der Waals surface area (Å²) in [6.07, 6.45) is 2.06. The first-order valence-corrected chi connectivity index (χ1v) is 8.82. The van der Waals surface area contributed by atoms with Gasteiger partial charge in [-0.2, -0.15) is 4.98 Å². The van der Waals surface area contributed by atoms with Gasteiger partial charge in [-0.05, 0) is 31.4 Å². The molecule has 8 heteroatoms. The van der Waals surface area contributed by atoms with Crippen molar-refractivity contribution in [2.75, 3.05) is 7.11 Å². The van der Waals surface area contributed by atoms with E-state index < -0.39 is 0 Å². The normalized spacial score (nSPS) is 11.4. The molecule has 0 aromatic carbocycles. The summed E-state index contributed by atoms with van der Waals surface area (Å²) in [6.45, 7) is 6.92. The van der Waals surface area contributed by atoms with E-state index in [-0.39, 0.29) is 11.3 Å². The van der Waals surface area contributed by atoms with E-state index in [9.17, 15) is 4.79 Å². The van der Waals surface area contributed by atoms with Crippen molar-refractivity contribution in [2.45, 2.75) is 56.9 Å². The monoisotopic (exact) mass is 356 g/mol. The number of unbranched alkanes of at least 4 members (excludes halogenated alkanes) is 1. The summed E-state index contributed by atoms with van der Waals surface area (Å²) in [5.41, 5.74) is 1.54. The maximum absolute atomic E-state index is 11.2. The predicted octanol–water partition coefficient (Wildman–Crippen LogP) is 3.63. The maximum atomic E-state index is 11.2. The molecular weight excluding hydrogens is 336 g/mol. The average Bonchev–Trinajstić information content (AvgIpc) is 2.78. The lowest BCUT2D eigenvalue weighted by molar-refractivity contribution is -0.140. The fourth-order valence-corrected chi connectivity index (χ4v) is 3.42. The zero-order valence-corrected chi connectivity index (χ0v) is 15.4. The minimum atomic E-state index is -0.177. The fraction of sp³-hybridized carbons (Fsp3) is 0.600. The van der Waals surface area contributed by atoms with Gasteiger partial charge < -0.3 is 9.30 Å². The lowest BCUT2D eigenvalue weighted by Gasteiger charge is -2.10. The van der Waals surface area contributed by atoms with Crippen LogP contribution in [-0.2, 0) is 16.1 Å². The van der Waals surface area contributed by atoms with Crippen molar-refractivity contribution in [3.8, 4) is 0 Å². The molecule has 0 aliphatic heterocycles. The Bertz CT molecular complexity index is 702. The molecule has 0 aliphatic carbocycles. The minimum Gasteiger partial charge on any atom is -0.469 e. The van der Waals surface area contributed by atoms with Crippen LogP contribution in [0.4, 0.5) is 0 Å². The zero-order valence-electron chi connectivity index (χ0n) is 13.8. The summed E-state index contributed by atoms with van der Waals surface area (Å²) in [5.74, 6) is 0.698. The molecule has 0 spiro atoms. The topological polar surface area (TPSA) is 69.9 Å². The van der Waals surface area contributed by atoms with Gasteiger partial charge in [0, 0.05) is 18.2 Å². The third-order valence-electron chi connectivity index (χ3n) is 3.32. The highest BCUT2D eigenvalue weighted by molar-refractivity contribution is 8.00. The molecular formula is C15H21ClN4O2S. The van der Waals surface area contributed by atoms with Crippen LogP contribution in [0.15, 0.2) is 5.03 Å². The number of methoxy groups -OCH3 is 1. The van der Waals surface area contributed by atoms with Crippen molar-refractivity contribution in [1.29, 1.82) is 0 Å². The summed E-state index contributed by atoms with van der Waals surface area (Å²) in [6, 6.07) is 0. The maximum Gasteiger partial charge on any atom is 0.305 e. The Balaban J connectivity index is 2.24. The van der Waals surface area contributed by atoms with Crippen molar-refractivity contribution in [3.63, 3.8) is 0 Å². The largest absolute Gasteiger partial charge is 0.469 e. The second-order valence-electron chi connectivity index (χ2n) is 5.48. The van der Waals surface area contributed by atoms with Gasteiger partial charge in [0.1, 0.15) is 16.4 Å². The fourth-order valence-electron chi connectivity index (χ4n) is 2.31. The number of fused-ring (bicyclic) bond motifs is 1. The van der Waals surface area contributed by atoms with Crippen LogP contribution in [0.2, 0.25) is 5.28 Å². The van der Waals surface area contributed by atoms with Crippen LogP contribution < -0.4 is 0 Å². The van der Waals surface area contributed by atoms with E-state index in [0.29, 0.717) is 17.3 Å². The van der Waals surface area contributed by atoms with Crippen LogP contribution in [0, 0.1) is 6.92 Å². The number of aryl methyl sites for hydroxylation is 2. The van der Waals surface area contributed by atoms with Gasteiger partial charge in [-0.3, -0.25) is 4.79 Å². The first-order chi connectivity index (χ1) is 10.9. The summed E-state index contributed by atoms with van der Waals surface area (Å²) >= 11 is 7.66. The molecule has 126 valence electrons. The third-order valence-corrected chi connectivity index (χ3v) is 4.47. The number of nitrogens with zero attached hydrogens (tertiary/aromatic N) is 4. The number of carbonyl (C=O) groups is 1. The van der Waals surface area contributed by atoms with Gasteiger partial charge >= 0.3 is 5.97 Å². The molecule has 0 atom stereocenters. The molecule has 0 saturated carbocycles. The highest BCUT2D eigenvalue weighted by Crippen LogP contribution is 2.30. The standard InChI is InChI=1S/C15H21ClN4O2S/c1-9(2)23-14-12-13(18-15(16)19-14)17-10(3)20(12)8-6-5-7-11(21)22-4/h9H,5-8H2,1-4H3. The Morgan fingerprint density at radius 3 is 2.70 bits per heavy atom. The number of hydrogen-bond acceptors (Lipinski definition) is 6. The van der Waals surface area contributed by atoms with E-state index >= 15 is 0 Å². The van der Waals surface area contributed by atoms with Crippen LogP contribution in [0.25, 0.3) is 11.2 Å². The molecule has 2 aromatic rings. The first kappa shape index (κ1) is 18.0. The predicted molar refractivity (Wildman–Crippen MR) is 91.9 cm³/mol. The summed E-state index contributed by atoms with van der Waals surface area (Å²) < 4.78 is 6.77. The van der Waals surface area contributed by atoms with Gasteiger partial charge in [0.05, 0.1) is 7.11 Å². The minimum absolute atomic E-state index is 0.177. The molecule has 0 fully saturated rings. The Kier molecular flexibility index (Phi) is 6.24. The van der Waals surface area contributed by atoms with Crippen LogP contribution in [0.1, 0.15) is 38.9 Å². The van der Waals surface area contributed by atoms with Crippen molar-refractivity contribution >= 4 is 40.5 Å². The molecule has 2 rings (SSSR count). The Labute approximate surface area is 145 Å². The van der Waals surface area contributed by atoms with Crippen LogP contribution in [0.5, 0.6) is 0 Å². The number of carbonyl (C=O) groups excluding carboxylic acids is 1. The van der Waals surface area contributed by atoms with E-state index in [1.165, 1.54) is 7.11 Å². The molecule has 0 aliphatic rings. The quantitative estimate of drug-likeness (QED) is 0.248. The number of rotatable bonds is 7.